The molecule has 0 aliphatic heterocycles. The Kier molecular flexibility index (Phi) is 4.59. The summed E-state index contributed by atoms with van der Waals surface area (Å²) < 4.78 is 0.719. The quantitative estimate of drug-likeness (QED) is 0.637. The van der Waals surface area contributed by atoms with Gasteiger partial charge in [-0.1, -0.05) is 23.8 Å². The third-order valence-electron chi connectivity index (χ3n) is 1.56. The van der Waals surface area contributed by atoms with Crippen LogP contribution >= 0.6 is 22.9 Å². The molecule has 0 spiro atoms. The van der Waals surface area contributed by atoms with Crippen molar-refractivity contribution in [3.05, 3.63) is 39.6 Å². The van der Waals surface area contributed by atoms with Gasteiger partial charge in [-0.15, -0.1) is 11.3 Å². The molecule has 0 fully saturated rings. The summed E-state index contributed by atoms with van der Waals surface area (Å²) in [6.07, 6.45) is 3.23. The first-order valence-electron chi connectivity index (χ1n) is 4.43. The van der Waals surface area contributed by atoms with Gasteiger partial charge in [-0.2, -0.15) is 0 Å². The van der Waals surface area contributed by atoms with Crippen LogP contribution in [-0.4, -0.2) is 12.5 Å². The topological polar surface area (TPSA) is 29.1 Å². The minimum absolute atomic E-state index is 0.123. The molecule has 0 atom stereocenters. The van der Waals surface area contributed by atoms with Gasteiger partial charge in [0.05, 0.1) is 4.34 Å². The van der Waals surface area contributed by atoms with E-state index >= 15 is 0 Å². The van der Waals surface area contributed by atoms with Gasteiger partial charge in [0.1, 0.15) is 0 Å². The van der Waals surface area contributed by atoms with Crippen LogP contribution in [0, 0.1) is 0 Å². The van der Waals surface area contributed by atoms with Gasteiger partial charge in [0, 0.05) is 17.5 Å². The number of hydrogen-bond donors (Lipinski definition) is 1. The first kappa shape index (κ1) is 12.0. The summed E-state index contributed by atoms with van der Waals surface area (Å²) in [6.45, 7) is 6.07. The van der Waals surface area contributed by atoms with Crippen LogP contribution in [0.15, 0.2) is 30.4 Å². The molecule has 0 unspecified atom stereocenters. The lowest BCUT2D eigenvalue weighted by Crippen LogP contribution is -2.22. The summed E-state index contributed by atoms with van der Waals surface area (Å²) in [5, 5.41) is 2.71. The Hall–Kier alpha value is -1.06. The highest BCUT2D eigenvalue weighted by atomic mass is 35.5. The average Bonchev–Trinajstić information content (AvgIpc) is 2.58. The van der Waals surface area contributed by atoms with Gasteiger partial charge in [0.25, 0.3) is 0 Å². The first-order chi connectivity index (χ1) is 7.08. The zero-order valence-electron chi connectivity index (χ0n) is 8.42. The molecule has 0 saturated carbocycles. The predicted molar refractivity (Wildman–Crippen MR) is 66.2 cm³/mol. The van der Waals surface area contributed by atoms with Crippen molar-refractivity contribution >= 4 is 34.9 Å². The van der Waals surface area contributed by atoms with Crippen molar-refractivity contribution < 1.29 is 4.79 Å². The predicted octanol–water partition coefficient (Wildman–Crippen LogP) is 3.11. The molecule has 1 N–H and O–H groups in total. The number of amides is 1. The van der Waals surface area contributed by atoms with Gasteiger partial charge in [0.2, 0.25) is 5.91 Å². The molecule has 0 saturated heterocycles. The SMILES string of the molecule is C=C(C)CNC(=O)/C=C/c1ccc(Cl)s1. The minimum Gasteiger partial charge on any atom is -0.349 e. The van der Waals surface area contributed by atoms with Crippen molar-refractivity contribution in [1.82, 2.24) is 5.32 Å². The molecule has 1 aromatic heterocycles. The molecule has 2 nitrogen and oxygen atoms in total. The number of hydrogen-bond acceptors (Lipinski definition) is 2. The van der Waals surface area contributed by atoms with Gasteiger partial charge < -0.3 is 5.32 Å². The Morgan fingerprint density at radius 2 is 2.40 bits per heavy atom. The van der Waals surface area contributed by atoms with Crippen LogP contribution in [0.1, 0.15) is 11.8 Å². The van der Waals surface area contributed by atoms with E-state index in [1.807, 2.05) is 13.0 Å². The van der Waals surface area contributed by atoms with Crippen molar-refractivity contribution in [2.75, 3.05) is 6.54 Å². The van der Waals surface area contributed by atoms with Crippen LogP contribution in [0.3, 0.4) is 0 Å². The maximum Gasteiger partial charge on any atom is 0.244 e. The lowest BCUT2D eigenvalue weighted by atomic mass is 10.3. The highest BCUT2D eigenvalue weighted by molar-refractivity contribution is 7.17. The van der Waals surface area contributed by atoms with Crippen LogP contribution in [-0.2, 0) is 4.79 Å². The van der Waals surface area contributed by atoms with Gasteiger partial charge in [-0.3, -0.25) is 4.79 Å². The maximum absolute atomic E-state index is 11.3. The van der Waals surface area contributed by atoms with Crippen molar-refractivity contribution in [2.24, 2.45) is 0 Å². The molecule has 0 aliphatic rings. The number of thiophene rings is 1. The van der Waals surface area contributed by atoms with E-state index in [2.05, 4.69) is 11.9 Å². The van der Waals surface area contributed by atoms with E-state index < -0.39 is 0 Å². The van der Waals surface area contributed by atoms with E-state index in [1.165, 1.54) is 17.4 Å². The first-order valence-corrected chi connectivity index (χ1v) is 5.63. The van der Waals surface area contributed by atoms with Crippen molar-refractivity contribution in [3.63, 3.8) is 0 Å². The largest absolute Gasteiger partial charge is 0.349 e. The fraction of sp³-hybridized carbons (Fsp3) is 0.182. The smallest absolute Gasteiger partial charge is 0.244 e. The molecular formula is C11H12ClNOS. The molecular weight excluding hydrogens is 230 g/mol. The molecule has 0 bridgehead atoms. The number of carbonyl (C=O) groups is 1. The fourth-order valence-corrected chi connectivity index (χ4v) is 1.84. The van der Waals surface area contributed by atoms with Crippen LogP contribution in [0.25, 0.3) is 6.08 Å². The summed E-state index contributed by atoms with van der Waals surface area (Å²) in [4.78, 5) is 12.2. The molecule has 15 heavy (non-hydrogen) atoms. The second-order valence-corrected chi connectivity index (χ2v) is 4.90. The van der Waals surface area contributed by atoms with Gasteiger partial charge in [-0.25, -0.2) is 0 Å². The monoisotopic (exact) mass is 241 g/mol. The Balaban J connectivity index is 2.44. The van der Waals surface area contributed by atoms with Crippen LogP contribution in [0.5, 0.6) is 0 Å². The second kappa shape index (κ2) is 5.73. The summed E-state index contributed by atoms with van der Waals surface area (Å²) in [7, 11) is 0. The second-order valence-electron chi connectivity index (χ2n) is 3.15. The average molecular weight is 242 g/mol. The normalized spacial score (nSPS) is 10.5. The van der Waals surface area contributed by atoms with E-state index in [9.17, 15) is 4.79 Å². The molecule has 4 heteroatoms. The van der Waals surface area contributed by atoms with Crippen LogP contribution in [0.4, 0.5) is 0 Å². The number of halogens is 1. The third-order valence-corrected chi connectivity index (χ3v) is 2.75. The highest BCUT2D eigenvalue weighted by Crippen LogP contribution is 2.22. The number of carbonyl (C=O) groups excluding carboxylic acids is 1. The third kappa shape index (κ3) is 4.81. The zero-order valence-corrected chi connectivity index (χ0v) is 9.99. The zero-order chi connectivity index (χ0) is 11.3. The maximum atomic E-state index is 11.3. The molecule has 0 aliphatic carbocycles. The van der Waals surface area contributed by atoms with Gasteiger partial charge in [-0.05, 0) is 25.1 Å². The summed E-state index contributed by atoms with van der Waals surface area (Å²) in [5.74, 6) is -0.123. The van der Waals surface area contributed by atoms with Crippen molar-refractivity contribution in [3.8, 4) is 0 Å². The molecule has 0 radical (unpaired) electrons. The molecule has 1 heterocycles. The Morgan fingerprint density at radius 3 is 2.93 bits per heavy atom. The highest BCUT2D eigenvalue weighted by Gasteiger charge is 1.96. The van der Waals surface area contributed by atoms with E-state index in [1.54, 1.807) is 12.1 Å². The van der Waals surface area contributed by atoms with Crippen molar-refractivity contribution in [1.29, 1.82) is 0 Å². The molecule has 0 aromatic carbocycles. The summed E-state index contributed by atoms with van der Waals surface area (Å²) >= 11 is 7.19. The number of nitrogens with one attached hydrogen (secondary N) is 1. The Bertz CT molecular complexity index is 395. The Labute approximate surface area is 98.3 Å². The van der Waals surface area contributed by atoms with E-state index in [0.717, 1.165) is 14.8 Å². The standard InChI is InChI=1S/C11H12ClNOS/c1-8(2)7-13-11(14)6-4-9-3-5-10(12)15-9/h3-6H,1,7H2,2H3,(H,13,14)/b6-4+. The van der Waals surface area contributed by atoms with Gasteiger partial charge in [0.15, 0.2) is 0 Å². The minimum atomic E-state index is -0.123. The number of rotatable bonds is 4. The molecule has 80 valence electrons. The van der Waals surface area contributed by atoms with Gasteiger partial charge >= 0.3 is 0 Å². The lowest BCUT2D eigenvalue weighted by molar-refractivity contribution is -0.116. The molecule has 1 rings (SSSR count). The van der Waals surface area contributed by atoms with E-state index in [-0.39, 0.29) is 5.91 Å². The fourth-order valence-electron chi connectivity index (χ4n) is 0.873. The van der Waals surface area contributed by atoms with Crippen LogP contribution < -0.4 is 5.32 Å². The summed E-state index contributed by atoms with van der Waals surface area (Å²) in [5.41, 5.74) is 0.927. The lowest BCUT2D eigenvalue weighted by Gasteiger charge is -1.99. The Morgan fingerprint density at radius 1 is 1.67 bits per heavy atom. The molecule has 1 aromatic rings. The van der Waals surface area contributed by atoms with Crippen molar-refractivity contribution in [2.45, 2.75) is 6.92 Å². The molecule has 1 amide bonds. The van der Waals surface area contributed by atoms with Crippen LogP contribution in [0.2, 0.25) is 4.34 Å². The van der Waals surface area contributed by atoms with E-state index in [4.69, 9.17) is 11.6 Å². The van der Waals surface area contributed by atoms with E-state index in [0.29, 0.717) is 6.54 Å². The summed E-state index contributed by atoms with van der Waals surface area (Å²) in [6, 6.07) is 3.67.